The summed E-state index contributed by atoms with van der Waals surface area (Å²) in [5.74, 6) is 1.60. The van der Waals surface area contributed by atoms with E-state index < -0.39 is 0 Å². The number of rotatable bonds is 5. The predicted molar refractivity (Wildman–Crippen MR) is 112 cm³/mol. The second-order valence-electron chi connectivity index (χ2n) is 8.36. The number of amides is 2. The molecule has 0 aromatic carbocycles. The zero-order valence-corrected chi connectivity index (χ0v) is 17.2. The molecule has 0 spiro atoms. The van der Waals surface area contributed by atoms with Crippen LogP contribution in [0.4, 0.5) is 22.2 Å². The molecule has 10 heteroatoms. The molecular formula is C20H28N8O2. The lowest BCUT2D eigenvalue weighted by atomic mass is 9.87. The van der Waals surface area contributed by atoms with Crippen molar-refractivity contribution < 1.29 is 9.90 Å². The maximum atomic E-state index is 13.2. The first-order valence-electron chi connectivity index (χ1n) is 10.7. The van der Waals surface area contributed by atoms with Gasteiger partial charge in [-0.15, -0.1) is 0 Å². The predicted octanol–water partition coefficient (Wildman–Crippen LogP) is 1.31. The number of carbonyl (C=O) groups is 1. The Labute approximate surface area is 175 Å². The first-order chi connectivity index (χ1) is 14.6. The Morgan fingerprint density at radius 2 is 2.20 bits per heavy atom. The lowest BCUT2D eigenvalue weighted by Gasteiger charge is -2.45. The van der Waals surface area contributed by atoms with Crippen LogP contribution in [0.5, 0.6) is 0 Å². The van der Waals surface area contributed by atoms with Crippen LogP contribution in [0.1, 0.15) is 31.2 Å². The van der Waals surface area contributed by atoms with Crippen molar-refractivity contribution in [3.63, 3.8) is 0 Å². The van der Waals surface area contributed by atoms with E-state index in [2.05, 4.69) is 25.7 Å². The van der Waals surface area contributed by atoms with Crippen molar-refractivity contribution in [2.75, 3.05) is 30.4 Å². The third-order valence-corrected chi connectivity index (χ3v) is 6.56. The molecule has 1 unspecified atom stereocenters. The average molecular weight is 412 g/mol. The second kappa shape index (κ2) is 7.84. The van der Waals surface area contributed by atoms with Gasteiger partial charge in [0, 0.05) is 37.1 Å². The molecule has 10 nitrogen and oxygen atoms in total. The van der Waals surface area contributed by atoms with E-state index in [0.717, 1.165) is 24.2 Å². The molecule has 2 aliphatic heterocycles. The number of aromatic nitrogens is 4. The fourth-order valence-electron chi connectivity index (χ4n) is 5.16. The molecule has 1 saturated carbocycles. The third-order valence-electron chi connectivity index (χ3n) is 6.56. The van der Waals surface area contributed by atoms with Gasteiger partial charge in [0.1, 0.15) is 5.82 Å². The Hall–Kier alpha value is -2.72. The minimum Gasteiger partial charge on any atom is -0.394 e. The number of hydrogen-bond acceptors (Lipinski definition) is 7. The number of aliphatic hydroxyl groups excluding tert-OH is 1. The highest BCUT2D eigenvalue weighted by atomic mass is 16.3. The average Bonchev–Trinajstić information content (AvgIpc) is 3.40. The van der Waals surface area contributed by atoms with E-state index in [1.54, 1.807) is 29.0 Å². The molecule has 160 valence electrons. The monoisotopic (exact) mass is 412 g/mol. The highest BCUT2D eigenvalue weighted by Crippen LogP contribution is 2.38. The van der Waals surface area contributed by atoms with E-state index >= 15 is 0 Å². The molecule has 0 bridgehead atoms. The van der Waals surface area contributed by atoms with Crippen LogP contribution in [0.25, 0.3) is 0 Å². The number of anilines is 3. The number of carbonyl (C=O) groups excluding carboxylic acids is 1. The normalized spacial score (nSPS) is 25.9. The summed E-state index contributed by atoms with van der Waals surface area (Å²) in [5.41, 5.74) is 1.70. The van der Waals surface area contributed by atoms with Gasteiger partial charge in [-0.25, -0.2) is 9.78 Å². The van der Waals surface area contributed by atoms with Crippen LogP contribution in [0.2, 0.25) is 0 Å². The summed E-state index contributed by atoms with van der Waals surface area (Å²) in [6.07, 6.45) is 9.88. The summed E-state index contributed by atoms with van der Waals surface area (Å²) in [7, 11) is 1.79. The molecule has 1 saturated heterocycles. The zero-order chi connectivity index (χ0) is 20.7. The number of aliphatic hydroxyl groups is 1. The van der Waals surface area contributed by atoms with E-state index in [9.17, 15) is 4.79 Å². The van der Waals surface area contributed by atoms with Crippen molar-refractivity contribution in [3.05, 3.63) is 24.2 Å². The molecule has 2 amide bonds. The van der Waals surface area contributed by atoms with E-state index in [-0.39, 0.29) is 18.7 Å². The lowest BCUT2D eigenvalue weighted by molar-refractivity contribution is 0.110. The summed E-state index contributed by atoms with van der Waals surface area (Å²) < 4.78 is 1.64. The van der Waals surface area contributed by atoms with Crippen molar-refractivity contribution in [2.45, 2.75) is 50.9 Å². The molecule has 2 aromatic rings. The second-order valence-corrected chi connectivity index (χ2v) is 8.36. The summed E-state index contributed by atoms with van der Waals surface area (Å²) >= 11 is 0. The molecule has 30 heavy (non-hydrogen) atoms. The Kier molecular flexibility index (Phi) is 5.03. The minimum atomic E-state index is 0.0143. The van der Waals surface area contributed by atoms with Gasteiger partial charge >= 0.3 is 6.03 Å². The molecule has 2 fully saturated rings. The van der Waals surface area contributed by atoms with Crippen molar-refractivity contribution in [3.8, 4) is 0 Å². The first-order valence-corrected chi connectivity index (χ1v) is 10.7. The van der Waals surface area contributed by atoms with Crippen molar-refractivity contribution >= 4 is 23.5 Å². The highest BCUT2D eigenvalue weighted by Gasteiger charge is 2.43. The van der Waals surface area contributed by atoms with Crippen LogP contribution in [0.15, 0.2) is 18.6 Å². The van der Waals surface area contributed by atoms with Gasteiger partial charge in [0.25, 0.3) is 0 Å². The van der Waals surface area contributed by atoms with Gasteiger partial charge in [-0.05, 0) is 31.7 Å². The number of nitrogens with zero attached hydrogens (tertiary/aromatic N) is 6. The number of hydrogen-bond donors (Lipinski definition) is 3. The molecule has 3 aliphatic rings. The molecule has 3 N–H and O–H groups in total. The molecule has 1 aliphatic carbocycles. The number of nitrogens with one attached hydrogen (secondary N) is 2. The van der Waals surface area contributed by atoms with Crippen molar-refractivity contribution in [2.24, 2.45) is 5.92 Å². The van der Waals surface area contributed by atoms with Gasteiger partial charge < -0.3 is 20.6 Å². The quantitative estimate of drug-likeness (QED) is 0.679. The largest absolute Gasteiger partial charge is 0.394 e. The molecular weight excluding hydrogens is 384 g/mol. The number of fused-ring (bicyclic) bond motifs is 2. The fourth-order valence-corrected chi connectivity index (χ4v) is 5.16. The molecule has 0 radical (unpaired) electrons. The van der Waals surface area contributed by atoms with Gasteiger partial charge in [-0.2, -0.15) is 10.1 Å². The highest BCUT2D eigenvalue weighted by molar-refractivity contribution is 5.93. The topological polar surface area (TPSA) is 111 Å². The van der Waals surface area contributed by atoms with Crippen molar-refractivity contribution in [1.82, 2.24) is 30.0 Å². The summed E-state index contributed by atoms with van der Waals surface area (Å²) in [4.78, 5) is 26.0. The van der Waals surface area contributed by atoms with Crippen LogP contribution in [-0.4, -0.2) is 68.1 Å². The van der Waals surface area contributed by atoms with E-state index in [1.165, 1.54) is 19.3 Å². The fraction of sp³-hybridized carbons (Fsp3) is 0.600. The third kappa shape index (κ3) is 3.39. The molecule has 3 atom stereocenters. The van der Waals surface area contributed by atoms with Gasteiger partial charge in [0.15, 0.2) is 0 Å². The smallest absolute Gasteiger partial charge is 0.325 e. The Morgan fingerprint density at radius 1 is 1.30 bits per heavy atom. The number of piperidine rings is 1. The van der Waals surface area contributed by atoms with Crippen LogP contribution in [0.3, 0.4) is 0 Å². The summed E-state index contributed by atoms with van der Waals surface area (Å²) in [6.45, 7) is 1.98. The molecule has 5 rings (SSSR count). The first kappa shape index (κ1) is 19.3. The lowest BCUT2D eigenvalue weighted by Crippen LogP contribution is -2.58. The Morgan fingerprint density at radius 3 is 3.07 bits per heavy atom. The SMILES string of the molecule is CN1C(=O)N([C@H]2CCNC3CCC[C@H]32)Cc2cnc(Nc3cnn(CCO)c3)nc21. The van der Waals surface area contributed by atoms with Gasteiger partial charge in [-0.3, -0.25) is 9.58 Å². The van der Waals surface area contributed by atoms with Crippen LogP contribution in [0, 0.1) is 5.92 Å². The maximum absolute atomic E-state index is 13.2. The summed E-state index contributed by atoms with van der Waals surface area (Å²) in [5, 5.41) is 19.9. The van der Waals surface area contributed by atoms with Crippen molar-refractivity contribution in [1.29, 1.82) is 0 Å². The van der Waals surface area contributed by atoms with E-state index in [1.807, 2.05) is 11.1 Å². The van der Waals surface area contributed by atoms with E-state index in [4.69, 9.17) is 5.11 Å². The van der Waals surface area contributed by atoms with Crippen LogP contribution in [-0.2, 0) is 13.1 Å². The maximum Gasteiger partial charge on any atom is 0.325 e. The molecule has 2 aromatic heterocycles. The number of urea groups is 1. The zero-order valence-electron chi connectivity index (χ0n) is 17.2. The minimum absolute atomic E-state index is 0.0143. The molecule has 4 heterocycles. The van der Waals surface area contributed by atoms with Gasteiger partial charge in [-0.1, -0.05) is 6.42 Å². The van der Waals surface area contributed by atoms with Crippen LogP contribution < -0.4 is 15.5 Å². The van der Waals surface area contributed by atoms with Gasteiger partial charge in [0.05, 0.1) is 31.6 Å². The summed E-state index contributed by atoms with van der Waals surface area (Å²) in [6, 6.07) is 0.829. The Bertz CT molecular complexity index is 931. The van der Waals surface area contributed by atoms with E-state index in [0.29, 0.717) is 36.8 Å². The van der Waals surface area contributed by atoms with Crippen LogP contribution >= 0.6 is 0 Å². The van der Waals surface area contributed by atoms with Gasteiger partial charge in [0.2, 0.25) is 5.95 Å². The standard InChI is InChI=1S/C20H28N8O2/c1-26-18-13(9-22-19(25-18)24-14-10-23-27(12-14)7-8-29)11-28(20(26)30)17-5-6-21-16-4-2-3-15(16)17/h9-10,12,15-17,21,29H,2-8,11H2,1H3,(H,22,24,25)/t15-,16?,17+/m1/s1. The Balaban J connectivity index is 1.35.